The van der Waals surface area contributed by atoms with Crippen LogP contribution >= 0.6 is 0 Å². The summed E-state index contributed by atoms with van der Waals surface area (Å²) in [4.78, 5) is 94.3. The molecule has 76 heavy (non-hydrogen) atoms. The summed E-state index contributed by atoms with van der Waals surface area (Å²) < 4.78 is 23.0. The number of phenols is 2. The number of aromatic hydroxyl groups is 2. The summed E-state index contributed by atoms with van der Waals surface area (Å²) in [5.74, 6) is -3.32. The standard InChI is InChI=1S/C55H61N5O16/c1-4-5-17-41(63)58-37(23-30-12-7-6-8-13-30)53(70)59-35(15-9-10-22-56)52(69)57-32-20-18-31(19-21-32)28-74-54(71)60-36-24-42(75-29(2)47(36)64)76-39-26-55(72,40(62)27-61)25-34-44(39)51(68)46-45(49(34)66)48(65)33-14-11-16-38(73-3)43(33)50(46)67/h1,6-8,11-14,16,18-21,29,35-37,39,42,47,61,64,66,68,72H,5,9-10,15,17,22-28,56H2,2-3H3,(H,57,69)(H,58,63)(H,59,70)(H,60,71)/p+1. The lowest BCUT2D eigenvalue weighted by Gasteiger charge is -2.42. The maximum absolute atomic E-state index is 14.1. The number of benzene rings is 4. The van der Waals surface area contributed by atoms with Crippen molar-refractivity contribution in [2.75, 3.05) is 25.6 Å². The highest BCUT2D eigenvalue weighted by Gasteiger charge is 2.50. The van der Waals surface area contributed by atoms with Gasteiger partial charge in [-0.25, -0.2) is 4.79 Å². The van der Waals surface area contributed by atoms with Crippen LogP contribution in [0.4, 0.5) is 10.5 Å². The van der Waals surface area contributed by atoms with E-state index in [9.17, 15) is 59.1 Å². The maximum Gasteiger partial charge on any atom is 0.407 e. The molecule has 1 heterocycles. The second-order valence-electron chi connectivity index (χ2n) is 18.9. The molecule has 8 unspecified atom stereocenters. The van der Waals surface area contributed by atoms with Crippen LogP contribution in [0.25, 0.3) is 0 Å². The van der Waals surface area contributed by atoms with Crippen LogP contribution in [0.1, 0.15) is 112 Å². The molecule has 4 amide bonds. The number of methoxy groups -OCH3 is 1. The fraction of sp³-hybridized carbons (Fsp3) is 0.400. The molecule has 12 N–H and O–H groups in total. The number of carbonyl (C=O) groups is 7. The zero-order chi connectivity index (χ0) is 54.8. The topological polar surface area (TPSA) is 333 Å². The first-order chi connectivity index (χ1) is 36.4. The number of aliphatic hydroxyl groups is 3. The van der Waals surface area contributed by atoms with Gasteiger partial charge in [0.2, 0.25) is 23.5 Å². The number of aliphatic hydroxyl groups excluding tert-OH is 2. The minimum Gasteiger partial charge on any atom is -0.507 e. The van der Waals surface area contributed by atoms with E-state index in [1.54, 1.807) is 24.3 Å². The molecule has 8 atom stereocenters. The van der Waals surface area contributed by atoms with Gasteiger partial charge in [-0.15, -0.1) is 12.3 Å². The molecule has 7 rings (SSSR count). The number of quaternary nitrogens is 1. The average Bonchev–Trinajstić information content (AvgIpc) is 3.40. The van der Waals surface area contributed by atoms with Crippen molar-refractivity contribution >= 4 is 46.9 Å². The lowest BCUT2D eigenvalue weighted by atomic mass is 9.72. The number of alkyl carbamates (subject to hydrolysis) is 1. The van der Waals surface area contributed by atoms with Gasteiger partial charge in [0.15, 0.2) is 17.9 Å². The SMILES string of the molecule is C#CCCC(=O)NC(Cc1ccccc1)C(=O)NC(CCCC[NH3+])C(=O)Nc1ccc(COC(=O)NC2CC(OC3CC(O)(C(=O)CO)Cc4c(O)c5c(c(O)c43)C(=O)c3c(OC)cccc3C5=O)OC(C)C2O)cc1. The zero-order valence-electron chi connectivity index (χ0n) is 42.0. The third kappa shape index (κ3) is 12.5. The predicted octanol–water partition coefficient (Wildman–Crippen LogP) is 1.95. The van der Waals surface area contributed by atoms with Gasteiger partial charge >= 0.3 is 6.09 Å². The molecule has 4 aromatic carbocycles. The molecule has 21 nitrogen and oxygen atoms in total. The third-order valence-corrected chi connectivity index (χ3v) is 13.7. The van der Waals surface area contributed by atoms with E-state index in [2.05, 4.69) is 32.9 Å². The average molecular weight is 1050 g/mol. The van der Waals surface area contributed by atoms with E-state index in [0.717, 1.165) is 5.56 Å². The molecular formula is C55H62N5O16+. The number of hydrogen-bond acceptors (Lipinski definition) is 16. The number of nitrogens with one attached hydrogen (secondary N) is 4. The van der Waals surface area contributed by atoms with Gasteiger partial charge in [-0.3, -0.25) is 28.8 Å². The molecule has 0 radical (unpaired) electrons. The van der Waals surface area contributed by atoms with Crippen LogP contribution in [-0.4, -0.2) is 129 Å². The van der Waals surface area contributed by atoms with Gasteiger partial charge < -0.3 is 71.5 Å². The van der Waals surface area contributed by atoms with Crippen LogP contribution in [0, 0.1) is 12.3 Å². The molecule has 402 valence electrons. The van der Waals surface area contributed by atoms with Crippen LogP contribution in [0.3, 0.4) is 0 Å². The number of unbranched alkanes of at least 4 members (excludes halogenated alkanes) is 1. The van der Waals surface area contributed by atoms with E-state index >= 15 is 0 Å². The number of carbonyl (C=O) groups excluding carboxylic acids is 7. The highest BCUT2D eigenvalue weighted by atomic mass is 16.7. The highest BCUT2D eigenvalue weighted by Crippen LogP contribution is 2.52. The molecule has 0 spiro atoms. The van der Waals surface area contributed by atoms with Crippen molar-refractivity contribution in [1.82, 2.24) is 16.0 Å². The summed E-state index contributed by atoms with van der Waals surface area (Å²) in [5.41, 5.74) is 1.22. The van der Waals surface area contributed by atoms with Crippen LogP contribution < -0.4 is 31.7 Å². The van der Waals surface area contributed by atoms with Crippen LogP contribution in [0.2, 0.25) is 0 Å². The van der Waals surface area contributed by atoms with Gasteiger partial charge in [-0.1, -0.05) is 54.6 Å². The second-order valence-corrected chi connectivity index (χ2v) is 18.9. The third-order valence-electron chi connectivity index (χ3n) is 13.7. The first kappa shape index (κ1) is 56.0. The minimum absolute atomic E-state index is 0.0288. The van der Waals surface area contributed by atoms with Crippen molar-refractivity contribution in [3.63, 3.8) is 0 Å². The van der Waals surface area contributed by atoms with E-state index in [4.69, 9.17) is 25.4 Å². The Bertz CT molecular complexity index is 2890. The quantitative estimate of drug-likeness (QED) is 0.0285. The second kappa shape index (κ2) is 24.8. The number of anilines is 1. The van der Waals surface area contributed by atoms with Gasteiger partial charge in [-0.2, -0.15) is 0 Å². The summed E-state index contributed by atoms with van der Waals surface area (Å²) in [6, 6.07) is 16.7. The zero-order valence-corrected chi connectivity index (χ0v) is 42.0. The first-order valence-electron chi connectivity index (χ1n) is 24.8. The van der Waals surface area contributed by atoms with E-state index in [1.165, 1.54) is 32.2 Å². The number of ketones is 3. The molecule has 0 bridgehead atoms. The van der Waals surface area contributed by atoms with Gasteiger partial charge in [0.1, 0.15) is 54.3 Å². The number of rotatable bonds is 21. The number of amides is 4. The van der Waals surface area contributed by atoms with Crippen molar-refractivity contribution < 1.29 is 83.8 Å². The molecule has 0 saturated carbocycles. The summed E-state index contributed by atoms with van der Waals surface area (Å²) in [6.45, 7) is 0.738. The van der Waals surface area contributed by atoms with Crippen molar-refractivity contribution in [2.45, 2.75) is 120 Å². The molecule has 0 aromatic heterocycles. The van der Waals surface area contributed by atoms with Gasteiger partial charge in [0.05, 0.1) is 48.6 Å². The largest absolute Gasteiger partial charge is 0.507 e. The number of hydrogen-bond donors (Lipinski definition) is 10. The molecule has 4 aromatic rings. The summed E-state index contributed by atoms with van der Waals surface area (Å²) >= 11 is 0. The Balaban J connectivity index is 1.00. The van der Waals surface area contributed by atoms with E-state index < -0.39 is 132 Å². The Morgan fingerprint density at radius 2 is 1.62 bits per heavy atom. The summed E-state index contributed by atoms with van der Waals surface area (Å²) in [7, 11) is 1.29. The lowest BCUT2D eigenvalue weighted by molar-refractivity contribution is -0.368. The number of terminal acetylenes is 1. The van der Waals surface area contributed by atoms with Crippen molar-refractivity contribution in [1.29, 1.82) is 0 Å². The van der Waals surface area contributed by atoms with Crippen LogP contribution in [0.15, 0.2) is 72.8 Å². The predicted molar refractivity (Wildman–Crippen MR) is 270 cm³/mol. The van der Waals surface area contributed by atoms with Gasteiger partial charge in [0.25, 0.3) is 0 Å². The summed E-state index contributed by atoms with van der Waals surface area (Å²) in [5, 5.41) is 67.2. The van der Waals surface area contributed by atoms with E-state index in [1.807, 2.05) is 30.3 Å². The fourth-order valence-electron chi connectivity index (χ4n) is 9.69. The number of Topliss-reactive ketones (excluding diaryl/α,β-unsaturated/α-hetero) is 1. The molecule has 3 aliphatic rings. The van der Waals surface area contributed by atoms with Gasteiger partial charge in [0, 0.05) is 60.9 Å². The maximum atomic E-state index is 14.1. The van der Waals surface area contributed by atoms with Crippen molar-refractivity contribution in [3.8, 4) is 29.6 Å². The Morgan fingerprint density at radius 3 is 2.30 bits per heavy atom. The molecule has 1 aliphatic heterocycles. The number of fused-ring (bicyclic) bond motifs is 3. The van der Waals surface area contributed by atoms with Crippen LogP contribution in [-0.2, 0) is 52.8 Å². The normalized spacial score (nSPS) is 21.3. The van der Waals surface area contributed by atoms with Crippen molar-refractivity contribution in [2.24, 2.45) is 0 Å². The molecule has 1 fully saturated rings. The smallest absolute Gasteiger partial charge is 0.407 e. The Kier molecular flexibility index (Phi) is 18.3. The monoisotopic (exact) mass is 1050 g/mol. The highest BCUT2D eigenvalue weighted by molar-refractivity contribution is 6.31. The molecule has 2 aliphatic carbocycles. The minimum atomic E-state index is -2.40. The fourth-order valence-corrected chi connectivity index (χ4v) is 9.69. The van der Waals surface area contributed by atoms with Gasteiger partial charge in [-0.05, 0) is 55.5 Å². The Morgan fingerprint density at radius 1 is 0.895 bits per heavy atom. The molecule has 1 saturated heterocycles. The molecule has 21 heteroatoms. The number of phenolic OH excluding ortho intramolecular Hbond substituents is 2. The number of ether oxygens (including phenoxy) is 4. The summed E-state index contributed by atoms with van der Waals surface area (Å²) in [6.07, 6.45) is -0.416. The van der Waals surface area contributed by atoms with Crippen molar-refractivity contribution in [3.05, 3.63) is 117 Å². The van der Waals surface area contributed by atoms with E-state index in [-0.39, 0.29) is 60.3 Å². The lowest BCUT2D eigenvalue weighted by Crippen LogP contribution is -2.56. The van der Waals surface area contributed by atoms with Crippen LogP contribution in [0.5, 0.6) is 17.2 Å². The first-order valence-corrected chi connectivity index (χ1v) is 24.8. The van der Waals surface area contributed by atoms with E-state index in [0.29, 0.717) is 37.1 Å². The molecular weight excluding hydrogens is 987 g/mol. The Labute approximate surface area is 437 Å². The Hall–Kier alpha value is -7.71.